The maximum atomic E-state index is 12.8. The molecule has 2 unspecified atom stereocenters. The molecular weight excluding hydrogens is 346 g/mol. The topological polar surface area (TPSA) is 61.4 Å². The van der Waals surface area contributed by atoms with Gasteiger partial charge in [-0.2, -0.15) is 11.8 Å². The molecule has 1 heterocycles. The van der Waals surface area contributed by atoms with Gasteiger partial charge in [-0.3, -0.25) is 9.59 Å². The van der Waals surface area contributed by atoms with Crippen molar-refractivity contribution in [2.45, 2.75) is 57.2 Å². The Kier molecular flexibility index (Phi) is 8.29. The fourth-order valence-electron chi connectivity index (χ4n) is 3.06. The first kappa shape index (κ1) is 20.6. The molecule has 0 aliphatic carbocycles. The summed E-state index contributed by atoms with van der Waals surface area (Å²) in [7, 11) is 0. The van der Waals surface area contributed by atoms with Crippen molar-refractivity contribution in [3.63, 3.8) is 0 Å². The third-order valence-electron chi connectivity index (χ3n) is 4.79. The molecule has 1 saturated heterocycles. The number of hydrogen-bond donors (Lipinski definition) is 2. The first-order valence-corrected chi connectivity index (χ1v) is 10.8. The highest BCUT2D eigenvalue weighted by Gasteiger charge is 2.23. The van der Waals surface area contributed by atoms with E-state index in [1.54, 1.807) is 0 Å². The van der Waals surface area contributed by atoms with Crippen LogP contribution in [0.4, 0.5) is 11.4 Å². The Bertz CT molecular complexity index is 602. The molecule has 0 aromatic heterocycles. The van der Waals surface area contributed by atoms with Gasteiger partial charge in [0, 0.05) is 24.5 Å². The summed E-state index contributed by atoms with van der Waals surface area (Å²) >= 11 is 1.48. The van der Waals surface area contributed by atoms with Crippen LogP contribution in [-0.2, 0) is 9.59 Å². The number of amides is 2. The summed E-state index contributed by atoms with van der Waals surface area (Å²) in [6.07, 6.45) is 6.88. The summed E-state index contributed by atoms with van der Waals surface area (Å²) in [5, 5.41) is 5.74. The van der Waals surface area contributed by atoms with E-state index in [4.69, 9.17) is 0 Å². The number of nitrogens with zero attached hydrogens (tertiary/aromatic N) is 1. The molecule has 0 spiro atoms. The lowest BCUT2D eigenvalue weighted by molar-refractivity contribution is -0.126. The molecule has 1 aromatic rings. The molecule has 2 N–H and O–H groups in total. The number of carbonyl (C=O) groups is 2. The van der Waals surface area contributed by atoms with E-state index < -0.39 is 6.04 Å². The summed E-state index contributed by atoms with van der Waals surface area (Å²) in [6, 6.07) is 7.48. The van der Waals surface area contributed by atoms with Gasteiger partial charge in [0.2, 0.25) is 11.8 Å². The Morgan fingerprint density at radius 2 is 1.96 bits per heavy atom. The van der Waals surface area contributed by atoms with Crippen molar-refractivity contribution in [3.8, 4) is 0 Å². The van der Waals surface area contributed by atoms with Crippen LogP contribution in [0, 0.1) is 0 Å². The lowest BCUT2D eigenvalue weighted by Gasteiger charge is -2.21. The van der Waals surface area contributed by atoms with E-state index in [0.29, 0.717) is 6.42 Å². The molecule has 2 atom stereocenters. The fourth-order valence-corrected chi connectivity index (χ4v) is 3.34. The van der Waals surface area contributed by atoms with E-state index in [2.05, 4.69) is 28.5 Å². The summed E-state index contributed by atoms with van der Waals surface area (Å²) in [5.41, 5.74) is 1.93. The van der Waals surface area contributed by atoms with Crippen molar-refractivity contribution < 1.29 is 9.59 Å². The molecule has 2 amide bonds. The van der Waals surface area contributed by atoms with E-state index in [1.807, 2.05) is 31.4 Å². The number of thioether (sulfide) groups is 1. The van der Waals surface area contributed by atoms with Crippen molar-refractivity contribution in [3.05, 3.63) is 24.3 Å². The quantitative estimate of drug-likeness (QED) is 0.689. The zero-order chi connectivity index (χ0) is 18.9. The number of carbonyl (C=O) groups excluding carboxylic acids is 2. The maximum absolute atomic E-state index is 12.8. The highest BCUT2D eigenvalue weighted by Crippen LogP contribution is 2.23. The van der Waals surface area contributed by atoms with Crippen LogP contribution in [0.15, 0.2) is 24.3 Å². The van der Waals surface area contributed by atoms with Crippen molar-refractivity contribution in [1.82, 2.24) is 5.32 Å². The molecule has 1 fully saturated rings. The normalized spacial score (nSPS) is 16.2. The lowest BCUT2D eigenvalue weighted by Crippen LogP contribution is -2.46. The number of rotatable bonds is 9. The van der Waals surface area contributed by atoms with Crippen LogP contribution in [0.5, 0.6) is 0 Å². The molecule has 144 valence electrons. The van der Waals surface area contributed by atoms with Crippen LogP contribution < -0.4 is 15.5 Å². The van der Waals surface area contributed by atoms with Crippen LogP contribution in [-0.4, -0.2) is 42.5 Å². The molecule has 2 rings (SSSR count). The average molecular weight is 378 g/mol. The van der Waals surface area contributed by atoms with Crippen LogP contribution in [0.25, 0.3) is 0 Å². The van der Waals surface area contributed by atoms with Gasteiger partial charge in [-0.05, 0) is 50.6 Å². The number of hydrogen-bond acceptors (Lipinski definition) is 4. The van der Waals surface area contributed by atoms with Crippen LogP contribution in [0.3, 0.4) is 0 Å². The van der Waals surface area contributed by atoms with E-state index >= 15 is 0 Å². The molecule has 6 heteroatoms. The monoisotopic (exact) mass is 377 g/mol. The van der Waals surface area contributed by atoms with Crippen molar-refractivity contribution in [2.24, 2.45) is 0 Å². The Morgan fingerprint density at radius 3 is 2.62 bits per heavy atom. The van der Waals surface area contributed by atoms with Crippen LogP contribution >= 0.6 is 11.8 Å². The summed E-state index contributed by atoms with van der Waals surface area (Å²) in [5.74, 6) is -0.224. The average Bonchev–Trinajstić information content (AvgIpc) is 3.19. The van der Waals surface area contributed by atoms with Gasteiger partial charge in [0.05, 0.1) is 5.25 Å². The number of nitrogens with one attached hydrogen (secondary N) is 2. The molecule has 1 aliphatic rings. The van der Waals surface area contributed by atoms with Gasteiger partial charge in [0.25, 0.3) is 0 Å². The Morgan fingerprint density at radius 1 is 1.23 bits per heavy atom. The minimum Gasteiger partial charge on any atom is -0.371 e. The van der Waals surface area contributed by atoms with Crippen LogP contribution in [0.1, 0.15) is 46.0 Å². The SMILES string of the molecule is CCCCC(NC(=O)C(C)SC)C(=O)Nc1cccc(N2CCCC2)c1. The van der Waals surface area contributed by atoms with Crippen molar-refractivity contribution in [2.75, 3.05) is 29.6 Å². The van der Waals surface area contributed by atoms with E-state index in [1.165, 1.54) is 24.6 Å². The van der Waals surface area contributed by atoms with Crippen molar-refractivity contribution in [1.29, 1.82) is 0 Å². The molecular formula is C20H31N3O2S. The van der Waals surface area contributed by atoms with Gasteiger partial charge in [-0.15, -0.1) is 0 Å². The second-order valence-electron chi connectivity index (χ2n) is 6.82. The Labute approximate surface area is 161 Å². The Hall–Kier alpha value is -1.69. The summed E-state index contributed by atoms with van der Waals surface area (Å²) in [6.45, 7) is 6.08. The number of benzene rings is 1. The lowest BCUT2D eigenvalue weighted by atomic mass is 10.1. The van der Waals surface area contributed by atoms with Gasteiger partial charge in [0.1, 0.15) is 6.04 Å². The third kappa shape index (κ3) is 5.94. The minimum absolute atomic E-state index is 0.0837. The second-order valence-corrected chi connectivity index (χ2v) is 7.99. The molecule has 0 saturated carbocycles. The fraction of sp³-hybridized carbons (Fsp3) is 0.600. The van der Waals surface area contributed by atoms with Gasteiger partial charge in [-0.1, -0.05) is 25.8 Å². The van der Waals surface area contributed by atoms with E-state index in [0.717, 1.165) is 37.3 Å². The molecule has 0 bridgehead atoms. The van der Waals surface area contributed by atoms with Gasteiger partial charge in [-0.25, -0.2) is 0 Å². The van der Waals surface area contributed by atoms with E-state index in [9.17, 15) is 9.59 Å². The van der Waals surface area contributed by atoms with Gasteiger partial charge in [0.15, 0.2) is 0 Å². The number of anilines is 2. The first-order valence-electron chi connectivity index (χ1n) is 9.54. The Balaban J connectivity index is 2.03. The van der Waals surface area contributed by atoms with Gasteiger partial charge >= 0.3 is 0 Å². The minimum atomic E-state index is -0.493. The van der Waals surface area contributed by atoms with Crippen LogP contribution in [0.2, 0.25) is 0 Å². The zero-order valence-corrected chi connectivity index (χ0v) is 16.9. The van der Waals surface area contributed by atoms with Crippen molar-refractivity contribution >= 4 is 35.0 Å². The smallest absolute Gasteiger partial charge is 0.246 e. The number of unbranched alkanes of at least 4 members (excludes halogenated alkanes) is 1. The largest absolute Gasteiger partial charge is 0.371 e. The molecule has 0 radical (unpaired) electrons. The summed E-state index contributed by atoms with van der Waals surface area (Å²) < 4.78 is 0. The molecule has 1 aliphatic heterocycles. The third-order valence-corrected chi connectivity index (χ3v) is 5.71. The highest BCUT2D eigenvalue weighted by molar-refractivity contribution is 7.99. The predicted molar refractivity (Wildman–Crippen MR) is 111 cm³/mol. The summed E-state index contributed by atoms with van der Waals surface area (Å²) in [4.78, 5) is 27.3. The molecule has 1 aromatic carbocycles. The van der Waals surface area contributed by atoms with Gasteiger partial charge < -0.3 is 15.5 Å². The zero-order valence-electron chi connectivity index (χ0n) is 16.1. The molecule has 5 nitrogen and oxygen atoms in total. The predicted octanol–water partition coefficient (Wildman–Crippen LogP) is 3.65. The highest BCUT2D eigenvalue weighted by atomic mass is 32.2. The molecule has 26 heavy (non-hydrogen) atoms. The van der Waals surface area contributed by atoms with E-state index in [-0.39, 0.29) is 17.1 Å². The standard InChI is InChI=1S/C20H31N3O2S/c1-4-5-11-18(22-19(24)15(2)26-3)20(25)21-16-9-8-10-17(14-16)23-12-6-7-13-23/h8-10,14-15,18H,4-7,11-13H2,1-3H3,(H,21,25)(H,22,24). The second kappa shape index (κ2) is 10.5. The first-order chi connectivity index (χ1) is 12.5. The maximum Gasteiger partial charge on any atom is 0.246 e.